The number of nitrogens with zero attached hydrogens (tertiary/aromatic N) is 3. The van der Waals surface area contributed by atoms with Gasteiger partial charge in [-0.25, -0.2) is 0 Å². The number of para-hydroxylation sites is 1. The standard InChI is InChI=1S/C13H14N4O/c1-8-13(9(2)17(3)16-8)18-11-6-4-5-10(7-14)12(11)15/h4-6H,15H2,1-3H3. The molecule has 0 spiro atoms. The second-order valence-corrected chi connectivity index (χ2v) is 4.05. The Labute approximate surface area is 105 Å². The molecular weight excluding hydrogens is 228 g/mol. The van der Waals surface area contributed by atoms with Gasteiger partial charge in [-0.15, -0.1) is 0 Å². The minimum atomic E-state index is 0.350. The van der Waals surface area contributed by atoms with Crippen LogP contribution in [0.25, 0.3) is 0 Å². The van der Waals surface area contributed by atoms with E-state index in [1.807, 2.05) is 27.0 Å². The average Bonchev–Trinajstić information content (AvgIpc) is 2.58. The monoisotopic (exact) mass is 242 g/mol. The normalized spacial score (nSPS) is 10.1. The van der Waals surface area contributed by atoms with Crippen molar-refractivity contribution in [3.63, 3.8) is 0 Å². The molecule has 0 amide bonds. The molecule has 0 bridgehead atoms. The summed E-state index contributed by atoms with van der Waals surface area (Å²) in [5, 5.41) is 13.2. The van der Waals surface area contributed by atoms with Crippen molar-refractivity contribution < 1.29 is 4.74 Å². The highest BCUT2D eigenvalue weighted by Gasteiger charge is 2.14. The van der Waals surface area contributed by atoms with Crippen LogP contribution in [0, 0.1) is 25.2 Å². The smallest absolute Gasteiger partial charge is 0.171 e. The largest absolute Gasteiger partial charge is 0.451 e. The molecule has 2 aromatic rings. The molecule has 18 heavy (non-hydrogen) atoms. The van der Waals surface area contributed by atoms with Gasteiger partial charge in [0, 0.05) is 7.05 Å². The van der Waals surface area contributed by atoms with E-state index in [1.54, 1.807) is 22.9 Å². The Morgan fingerprint density at radius 2 is 2.11 bits per heavy atom. The molecule has 0 aliphatic carbocycles. The molecule has 5 nitrogen and oxygen atoms in total. The number of nitrogen functional groups attached to an aromatic ring is 1. The highest BCUT2D eigenvalue weighted by Crippen LogP contribution is 2.32. The zero-order valence-electron chi connectivity index (χ0n) is 10.6. The van der Waals surface area contributed by atoms with Crippen molar-refractivity contribution in [2.24, 2.45) is 7.05 Å². The van der Waals surface area contributed by atoms with Gasteiger partial charge in [-0.3, -0.25) is 4.68 Å². The first-order valence-corrected chi connectivity index (χ1v) is 5.51. The van der Waals surface area contributed by atoms with Gasteiger partial charge in [0.25, 0.3) is 0 Å². The minimum Gasteiger partial charge on any atom is -0.451 e. The van der Waals surface area contributed by atoms with Gasteiger partial charge >= 0.3 is 0 Å². The van der Waals surface area contributed by atoms with Gasteiger partial charge in [-0.1, -0.05) is 6.07 Å². The number of ether oxygens (including phenoxy) is 1. The Morgan fingerprint density at radius 3 is 2.67 bits per heavy atom. The van der Waals surface area contributed by atoms with Gasteiger partial charge in [-0.2, -0.15) is 10.4 Å². The first kappa shape index (κ1) is 12.0. The van der Waals surface area contributed by atoms with E-state index >= 15 is 0 Å². The zero-order valence-corrected chi connectivity index (χ0v) is 10.6. The maximum Gasteiger partial charge on any atom is 0.171 e. The third-order valence-corrected chi connectivity index (χ3v) is 2.84. The van der Waals surface area contributed by atoms with Crippen molar-refractivity contribution in [3.8, 4) is 17.6 Å². The third kappa shape index (κ3) is 1.89. The molecule has 0 aliphatic rings. The van der Waals surface area contributed by atoms with Crippen molar-refractivity contribution in [3.05, 3.63) is 35.2 Å². The van der Waals surface area contributed by atoms with Crippen LogP contribution in [0.2, 0.25) is 0 Å². The molecule has 1 aromatic heterocycles. The van der Waals surface area contributed by atoms with E-state index in [0.29, 0.717) is 22.7 Å². The molecule has 0 saturated heterocycles. The summed E-state index contributed by atoms with van der Waals surface area (Å²) in [5.74, 6) is 1.16. The maximum atomic E-state index is 8.92. The quantitative estimate of drug-likeness (QED) is 0.819. The molecule has 0 aliphatic heterocycles. The molecular formula is C13H14N4O. The van der Waals surface area contributed by atoms with Crippen molar-refractivity contribution >= 4 is 5.69 Å². The molecule has 0 atom stereocenters. The van der Waals surface area contributed by atoms with Crippen LogP contribution in [0.5, 0.6) is 11.5 Å². The van der Waals surface area contributed by atoms with Crippen molar-refractivity contribution in [2.45, 2.75) is 13.8 Å². The first-order chi connectivity index (χ1) is 8.54. The molecule has 0 unspecified atom stereocenters. The Hall–Kier alpha value is -2.48. The predicted molar refractivity (Wildman–Crippen MR) is 68.3 cm³/mol. The highest BCUT2D eigenvalue weighted by molar-refractivity contribution is 5.64. The third-order valence-electron chi connectivity index (χ3n) is 2.84. The van der Waals surface area contributed by atoms with Gasteiger partial charge < -0.3 is 10.5 Å². The summed E-state index contributed by atoms with van der Waals surface area (Å²) >= 11 is 0. The summed E-state index contributed by atoms with van der Waals surface area (Å²) in [5.41, 5.74) is 8.33. The van der Waals surface area contributed by atoms with Gasteiger partial charge in [0.1, 0.15) is 11.8 Å². The summed E-state index contributed by atoms with van der Waals surface area (Å²) in [6, 6.07) is 7.17. The summed E-state index contributed by atoms with van der Waals surface area (Å²) in [6.45, 7) is 3.78. The van der Waals surface area contributed by atoms with Crippen LogP contribution in [0.3, 0.4) is 0 Å². The summed E-state index contributed by atoms with van der Waals surface area (Å²) < 4.78 is 7.52. The highest BCUT2D eigenvalue weighted by atomic mass is 16.5. The first-order valence-electron chi connectivity index (χ1n) is 5.51. The van der Waals surface area contributed by atoms with Crippen LogP contribution >= 0.6 is 0 Å². The number of benzene rings is 1. The molecule has 92 valence electrons. The minimum absolute atomic E-state index is 0.350. The fraction of sp³-hybridized carbons (Fsp3) is 0.231. The number of aromatic nitrogens is 2. The van der Waals surface area contributed by atoms with Crippen LogP contribution in [0.4, 0.5) is 5.69 Å². The fourth-order valence-electron chi connectivity index (χ4n) is 1.74. The number of hydrogen-bond acceptors (Lipinski definition) is 4. The van der Waals surface area contributed by atoms with E-state index < -0.39 is 0 Å². The van der Waals surface area contributed by atoms with Crippen LogP contribution in [-0.4, -0.2) is 9.78 Å². The van der Waals surface area contributed by atoms with E-state index in [4.69, 9.17) is 15.7 Å². The van der Waals surface area contributed by atoms with E-state index in [9.17, 15) is 0 Å². The van der Waals surface area contributed by atoms with Crippen LogP contribution in [-0.2, 0) is 7.05 Å². The molecule has 1 aromatic carbocycles. The van der Waals surface area contributed by atoms with Gasteiger partial charge in [0.15, 0.2) is 11.5 Å². The Kier molecular flexibility index (Phi) is 2.94. The van der Waals surface area contributed by atoms with Crippen molar-refractivity contribution in [1.29, 1.82) is 5.26 Å². The predicted octanol–water partition coefficient (Wildman–Crippen LogP) is 2.28. The number of nitrogens with two attached hydrogens (primary N) is 1. The van der Waals surface area contributed by atoms with E-state index in [1.165, 1.54) is 0 Å². The Morgan fingerprint density at radius 1 is 1.39 bits per heavy atom. The number of rotatable bonds is 2. The van der Waals surface area contributed by atoms with Crippen molar-refractivity contribution in [1.82, 2.24) is 9.78 Å². The number of hydrogen-bond donors (Lipinski definition) is 1. The molecule has 0 saturated carbocycles. The lowest BCUT2D eigenvalue weighted by atomic mass is 10.2. The van der Waals surface area contributed by atoms with Crippen molar-refractivity contribution in [2.75, 3.05) is 5.73 Å². The van der Waals surface area contributed by atoms with E-state index in [2.05, 4.69) is 5.10 Å². The number of aryl methyl sites for hydroxylation is 2. The van der Waals surface area contributed by atoms with E-state index in [-0.39, 0.29) is 0 Å². The Bertz CT molecular complexity index is 637. The molecule has 2 rings (SSSR count). The van der Waals surface area contributed by atoms with Crippen LogP contribution in [0.15, 0.2) is 18.2 Å². The summed E-state index contributed by atoms with van der Waals surface area (Å²) in [4.78, 5) is 0. The lowest BCUT2D eigenvalue weighted by Gasteiger charge is -2.09. The maximum absolute atomic E-state index is 8.92. The average molecular weight is 242 g/mol. The molecule has 2 N–H and O–H groups in total. The summed E-state index contributed by atoms with van der Waals surface area (Å²) in [7, 11) is 1.85. The number of anilines is 1. The molecule has 5 heteroatoms. The topological polar surface area (TPSA) is 76.9 Å². The lowest BCUT2D eigenvalue weighted by Crippen LogP contribution is -1.97. The molecule has 1 heterocycles. The lowest BCUT2D eigenvalue weighted by molar-refractivity contribution is 0.476. The van der Waals surface area contributed by atoms with Crippen LogP contribution < -0.4 is 10.5 Å². The summed E-state index contributed by atoms with van der Waals surface area (Å²) in [6.07, 6.45) is 0. The second kappa shape index (κ2) is 4.41. The Balaban J connectivity index is 2.44. The van der Waals surface area contributed by atoms with E-state index in [0.717, 1.165) is 11.4 Å². The van der Waals surface area contributed by atoms with Gasteiger partial charge in [-0.05, 0) is 26.0 Å². The van der Waals surface area contributed by atoms with Gasteiger partial charge in [0.05, 0.1) is 16.9 Å². The van der Waals surface area contributed by atoms with Gasteiger partial charge in [0.2, 0.25) is 0 Å². The second-order valence-electron chi connectivity index (χ2n) is 4.05. The SMILES string of the molecule is Cc1nn(C)c(C)c1Oc1cccc(C#N)c1N. The number of nitriles is 1. The molecule has 0 radical (unpaired) electrons. The zero-order chi connectivity index (χ0) is 13.3. The molecule has 0 fully saturated rings. The van der Waals surface area contributed by atoms with Crippen LogP contribution in [0.1, 0.15) is 17.0 Å². The fourth-order valence-corrected chi connectivity index (χ4v) is 1.74.